The quantitative estimate of drug-likeness (QED) is 0.191. The Bertz CT molecular complexity index is 1030. The fourth-order valence-electron chi connectivity index (χ4n) is 2.29. The molecule has 2 aromatic carbocycles. The molecule has 0 heterocycles. The fraction of sp³-hybridized carbons (Fsp3) is 0.278. The van der Waals surface area contributed by atoms with Crippen LogP contribution in [0.15, 0.2) is 47.6 Å². The number of nitro groups is 1. The zero-order valence-electron chi connectivity index (χ0n) is 17.8. The number of benzene rings is 2. The van der Waals surface area contributed by atoms with Crippen molar-refractivity contribution in [3.05, 3.63) is 58.1 Å². The molecule has 1 N–H and O–H groups in total. The summed E-state index contributed by atoms with van der Waals surface area (Å²) in [6, 6.07) is 11.5. The molecule has 0 radical (unpaired) electrons. The van der Waals surface area contributed by atoms with Gasteiger partial charge in [-0.2, -0.15) is 0 Å². The maximum atomic E-state index is 12.2. The second kappa shape index (κ2) is 11.8. The number of ether oxygens (including phenoxy) is 1. The minimum absolute atomic E-state index is 0.135. The Morgan fingerprint density at radius 3 is 2.38 bits per heavy atom. The molecule has 0 fully saturated rings. The summed E-state index contributed by atoms with van der Waals surface area (Å²) in [6.45, 7) is 0. The summed E-state index contributed by atoms with van der Waals surface area (Å²) in [5.41, 5.74) is 0.701. The third-order valence-electron chi connectivity index (χ3n) is 4.09. The van der Waals surface area contributed by atoms with Gasteiger partial charge in [0.1, 0.15) is 17.7 Å². The van der Waals surface area contributed by atoms with Gasteiger partial charge >= 0.3 is 14.7 Å². The molecule has 0 aliphatic rings. The Labute approximate surface area is 191 Å². The van der Waals surface area contributed by atoms with E-state index in [-0.39, 0.29) is 23.4 Å². The summed E-state index contributed by atoms with van der Waals surface area (Å²) >= 11 is 5.35. The molecule has 172 valence electrons. The van der Waals surface area contributed by atoms with Gasteiger partial charge in [0.15, 0.2) is 5.75 Å². The molecule has 0 aromatic heterocycles. The summed E-state index contributed by atoms with van der Waals surface area (Å²) in [4.78, 5) is 10.9. The standard InChI is InChI=1S/C18H23N4O7P2S/c1-21(20-12-14-5-7-15(26-2)8-6-14)30(32)29-16-9-10-17(18(11-16)22(23)24)19-13-31(25,27-3)28-4/h5-12,19H,13H2,1-4H3/q+1/b20-12+. The molecular formula is C18H23N4O7P2S+. The van der Waals surface area contributed by atoms with Gasteiger partial charge in [-0.15, -0.1) is 5.10 Å². The van der Waals surface area contributed by atoms with Crippen LogP contribution in [0.25, 0.3) is 0 Å². The smallest absolute Gasteiger partial charge is 0.497 e. The zero-order chi connectivity index (χ0) is 23.7. The predicted molar refractivity (Wildman–Crippen MR) is 126 cm³/mol. The van der Waals surface area contributed by atoms with E-state index in [2.05, 4.69) is 10.4 Å². The van der Waals surface area contributed by atoms with E-state index in [4.69, 9.17) is 30.1 Å². The minimum Gasteiger partial charge on any atom is -0.497 e. The molecule has 32 heavy (non-hydrogen) atoms. The fourth-order valence-corrected chi connectivity index (χ4v) is 3.99. The minimum atomic E-state index is -3.39. The first kappa shape index (κ1) is 25.6. The van der Waals surface area contributed by atoms with Crippen molar-refractivity contribution < 1.29 is 27.8 Å². The summed E-state index contributed by atoms with van der Waals surface area (Å²) in [6.07, 6.45) is 1.38. The maximum Gasteiger partial charge on any atom is 0.540 e. The van der Waals surface area contributed by atoms with Gasteiger partial charge < -0.3 is 19.1 Å². The van der Waals surface area contributed by atoms with Crippen molar-refractivity contribution in [3.63, 3.8) is 0 Å². The van der Waals surface area contributed by atoms with E-state index >= 15 is 0 Å². The SMILES string of the molecule is COc1ccc(/C=N/N(C)[P+](=S)Oc2ccc(NCP(=O)(OC)OC)c([N+](=O)[O-])c2)cc1. The number of nitrogens with zero attached hydrogens (tertiary/aromatic N) is 3. The normalized spacial score (nSPS) is 11.8. The highest BCUT2D eigenvalue weighted by Crippen LogP contribution is 2.46. The summed E-state index contributed by atoms with van der Waals surface area (Å²) in [5, 5.41) is 18.4. The highest BCUT2D eigenvalue weighted by Gasteiger charge is 2.26. The average molecular weight is 501 g/mol. The molecule has 0 aliphatic carbocycles. The number of hydrazone groups is 1. The van der Waals surface area contributed by atoms with Crippen LogP contribution in [0.1, 0.15) is 5.56 Å². The number of nitrogens with one attached hydrogen (secondary N) is 1. The van der Waals surface area contributed by atoms with E-state index in [0.29, 0.717) is 0 Å². The number of nitro benzene ring substituents is 1. The molecule has 0 aliphatic heterocycles. The van der Waals surface area contributed by atoms with Gasteiger partial charge in [-0.05, 0) is 42.0 Å². The number of anilines is 1. The lowest BCUT2D eigenvalue weighted by Crippen LogP contribution is -2.07. The van der Waals surface area contributed by atoms with E-state index in [1.807, 2.05) is 12.1 Å². The van der Waals surface area contributed by atoms with Crippen LogP contribution in [0.5, 0.6) is 11.5 Å². The van der Waals surface area contributed by atoms with Crippen LogP contribution >= 0.6 is 14.7 Å². The van der Waals surface area contributed by atoms with Crippen molar-refractivity contribution in [2.24, 2.45) is 5.10 Å². The molecule has 1 atom stereocenters. The lowest BCUT2D eigenvalue weighted by Gasteiger charge is -2.15. The topological polar surface area (TPSA) is 125 Å². The van der Waals surface area contributed by atoms with Crippen LogP contribution in [0.3, 0.4) is 0 Å². The predicted octanol–water partition coefficient (Wildman–Crippen LogP) is 4.58. The monoisotopic (exact) mass is 501 g/mol. The van der Waals surface area contributed by atoms with Gasteiger partial charge in [-0.25, -0.2) is 0 Å². The summed E-state index contributed by atoms with van der Waals surface area (Å²) in [5.74, 6) is 0.938. The van der Waals surface area contributed by atoms with Gasteiger partial charge in [-0.3, -0.25) is 19.2 Å². The van der Waals surface area contributed by atoms with Gasteiger partial charge in [-0.1, -0.05) is 4.78 Å². The van der Waals surface area contributed by atoms with Crippen molar-refractivity contribution >= 4 is 44.1 Å². The van der Waals surface area contributed by atoms with Crippen LogP contribution in [0.2, 0.25) is 0 Å². The highest BCUT2D eigenvalue weighted by molar-refractivity contribution is 8.02. The Hall–Kier alpha value is -2.62. The summed E-state index contributed by atoms with van der Waals surface area (Å²) < 4.78 is 34.0. The Morgan fingerprint density at radius 2 is 1.81 bits per heavy atom. The maximum absolute atomic E-state index is 12.2. The largest absolute Gasteiger partial charge is 0.540 e. The Morgan fingerprint density at radius 1 is 1.19 bits per heavy atom. The molecule has 2 rings (SSSR count). The van der Waals surface area contributed by atoms with E-state index in [9.17, 15) is 14.7 Å². The van der Waals surface area contributed by atoms with E-state index in [1.165, 1.54) is 37.2 Å². The first-order valence-corrected chi connectivity index (χ1v) is 13.0. The second-order valence-electron chi connectivity index (χ2n) is 6.08. The summed E-state index contributed by atoms with van der Waals surface area (Å²) in [7, 11) is 0.681. The Kier molecular flexibility index (Phi) is 9.49. The van der Waals surface area contributed by atoms with Crippen molar-refractivity contribution in [1.29, 1.82) is 0 Å². The van der Waals surface area contributed by atoms with Gasteiger partial charge in [0.2, 0.25) is 11.8 Å². The second-order valence-corrected chi connectivity index (χ2v) is 10.5. The van der Waals surface area contributed by atoms with Gasteiger partial charge in [0.05, 0.1) is 31.4 Å². The molecule has 0 spiro atoms. The van der Waals surface area contributed by atoms with Crippen LogP contribution in [0.4, 0.5) is 11.4 Å². The highest BCUT2D eigenvalue weighted by atomic mass is 32.4. The number of hydrogen-bond donors (Lipinski definition) is 1. The third kappa shape index (κ3) is 7.22. The first-order valence-electron chi connectivity index (χ1n) is 9.01. The lowest BCUT2D eigenvalue weighted by molar-refractivity contribution is -0.384. The van der Waals surface area contributed by atoms with Crippen molar-refractivity contribution in [2.75, 3.05) is 40.0 Å². The average Bonchev–Trinajstić information content (AvgIpc) is 2.81. The van der Waals surface area contributed by atoms with Crippen LogP contribution in [0, 0.1) is 10.1 Å². The lowest BCUT2D eigenvalue weighted by atomic mass is 10.2. The first-order chi connectivity index (χ1) is 15.2. The number of rotatable bonds is 12. The van der Waals surface area contributed by atoms with E-state index < -0.39 is 19.6 Å². The van der Waals surface area contributed by atoms with Crippen molar-refractivity contribution in [1.82, 2.24) is 4.78 Å². The van der Waals surface area contributed by atoms with Crippen LogP contribution in [-0.4, -0.2) is 50.6 Å². The van der Waals surface area contributed by atoms with Crippen molar-refractivity contribution in [2.45, 2.75) is 0 Å². The van der Waals surface area contributed by atoms with Crippen LogP contribution in [-0.2, 0) is 25.4 Å². The van der Waals surface area contributed by atoms with Crippen LogP contribution < -0.4 is 14.6 Å². The molecule has 0 saturated carbocycles. The third-order valence-corrected chi connectivity index (χ3v) is 7.63. The number of methoxy groups -OCH3 is 1. The molecule has 0 bridgehead atoms. The number of hydrogen-bond acceptors (Lipinski definition) is 10. The van der Waals surface area contributed by atoms with Crippen molar-refractivity contribution in [3.8, 4) is 11.5 Å². The molecule has 0 saturated heterocycles. The molecule has 0 amide bonds. The van der Waals surface area contributed by atoms with Gasteiger partial charge in [0, 0.05) is 14.2 Å². The zero-order valence-corrected chi connectivity index (χ0v) is 20.4. The Balaban J connectivity index is 2.08. The van der Waals surface area contributed by atoms with E-state index in [0.717, 1.165) is 11.3 Å². The molecule has 11 nitrogen and oxygen atoms in total. The molecule has 1 unspecified atom stereocenters. The van der Waals surface area contributed by atoms with E-state index in [1.54, 1.807) is 32.5 Å². The molecule has 2 aromatic rings. The molecular weight excluding hydrogens is 478 g/mol. The van der Waals surface area contributed by atoms with Gasteiger partial charge in [0.25, 0.3) is 5.69 Å². The molecule has 14 heteroatoms.